The van der Waals surface area contributed by atoms with Crippen LogP contribution in [0, 0.1) is 0 Å². The molecule has 0 saturated carbocycles. The Bertz CT molecular complexity index is 655. The number of halogens is 3. The van der Waals surface area contributed by atoms with Gasteiger partial charge in [-0.15, -0.1) is 0 Å². The summed E-state index contributed by atoms with van der Waals surface area (Å²) in [6.45, 7) is 0.000362. The molecule has 10 heteroatoms. The van der Waals surface area contributed by atoms with Crippen molar-refractivity contribution in [3.8, 4) is 0 Å². The number of aliphatic hydroxyl groups is 1. The van der Waals surface area contributed by atoms with Gasteiger partial charge in [0.15, 0.2) is 5.60 Å². The molecule has 0 aliphatic carbocycles. The summed E-state index contributed by atoms with van der Waals surface area (Å²) in [6.07, 6.45) is -4.71. The van der Waals surface area contributed by atoms with E-state index in [1.165, 1.54) is 6.07 Å². The summed E-state index contributed by atoms with van der Waals surface area (Å²) >= 11 is 0. The third kappa shape index (κ3) is 4.97. The Balaban J connectivity index is 2.93. The largest absolute Gasteiger partial charge is 0.479 e. The zero-order chi connectivity index (χ0) is 17.2. The van der Waals surface area contributed by atoms with Gasteiger partial charge in [0, 0.05) is 6.54 Å². The lowest BCUT2D eigenvalue weighted by Gasteiger charge is -2.19. The van der Waals surface area contributed by atoms with E-state index >= 15 is 0 Å². The minimum Gasteiger partial charge on any atom is -0.479 e. The van der Waals surface area contributed by atoms with Crippen LogP contribution in [0.3, 0.4) is 0 Å². The first-order valence-electron chi connectivity index (χ1n) is 5.93. The number of nitrogens with one attached hydrogen (secondary N) is 1. The van der Waals surface area contributed by atoms with Gasteiger partial charge in [0.2, 0.25) is 10.0 Å². The number of hydrogen-bond donors (Lipinski definition) is 3. The summed E-state index contributed by atoms with van der Waals surface area (Å²) in [5, 5.41) is 18.0. The molecule has 1 aromatic carbocycles. The van der Waals surface area contributed by atoms with Crippen LogP contribution in [0.25, 0.3) is 0 Å². The van der Waals surface area contributed by atoms with E-state index in [1.807, 2.05) is 0 Å². The van der Waals surface area contributed by atoms with Crippen molar-refractivity contribution < 1.29 is 36.6 Å². The molecule has 0 radical (unpaired) electrons. The number of alkyl halides is 3. The van der Waals surface area contributed by atoms with Crippen molar-refractivity contribution in [2.45, 2.75) is 24.5 Å². The predicted molar refractivity (Wildman–Crippen MR) is 70.3 cm³/mol. The molecule has 3 N–H and O–H groups in total. The standard InChI is InChI=1S/C12H14F3NO5S/c1-11(19,10(17)18)7-16-22(20,21)6-8-4-2-3-5-9(8)12(13,14)15/h2-5,16,19H,6-7H2,1H3,(H,17,18). The Kier molecular flexibility index (Phi) is 5.21. The number of carboxylic acid groups (broad SMARTS) is 1. The van der Waals surface area contributed by atoms with Crippen LogP contribution in [0.4, 0.5) is 13.2 Å². The molecule has 0 aliphatic heterocycles. The molecule has 1 unspecified atom stereocenters. The first-order chi connectivity index (χ1) is 9.85. The van der Waals surface area contributed by atoms with Gasteiger partial charge in [-0.25, -0.2) is 17.9 Å². The Morgan fingerprint density at radius 1 is 1.27 bits per heavy atom. The lowest BCUT2D eigenvalue weighted by Crippen LogP contribution is -2.46. The van der Waals surface area contributed by atoms with E-state index in [1.54, 1.807) is 4.72 Å². The monoisotopic (exact) mass is 341 g/mol. The topological polar surface area (TPSA) is 104 Å². The molecular weight excluding hydrogens is 327 g/mol. The quantitative estimate of drug-likeness (QED) is 0.715. The number of hydrogen-bond acceptors (Lipinski definition) is 4. The Hall–Kier alpha value is -1.65. The van der Waals surface area contributed by atoms with Crippen LogP contribution in [0.1, 0.15) is 18.1 Å². The average Bonchev–Trinajstić information content (AvgIpc) is 2.35. The fourth-order valence-electron chi connectivity index (χ4n) is 1.50. The summed E-state index contributed by atoms with van der Waals surface area (Å²) in [7, 11) is -4.26. The molecule has 1 atom stereocenters. The Labute approximate surface area is 124 Å². The zero-order valence-corrected chi connectivity index (χ0v) is 12.2. The number of carbonyl (C=O) groups is 1. The van der Waals surface area contributed by atoms with Gasteiger partial charge in [-0.1, -0.05) is 18.2 Å². The van der Waals surface area contributed by atoms with Gasteiger partial charge in [-0.3, -0.25) is 0 Å². The highest BCUT2D eigenvalue weighted by atomic mass is 32.2. The highest BCUT2D eigenvalue weighted by Gasteiger charge is 2.35. The van der Waals surface area contributed by atoms with Gasteiger partial charge >= 0.3 is 12.1 Å². The minimum atomic E-state index is -4.71. The number of sulfonamides is 1. The summed E-state index contributed by atoms with van der Waals surface area (Å²) in [4.78, 5) is 10.6. The van der Waals surface area contributed by atoms with Crippen LogP contribution in [-0.2, 0) is 26.7 Å². The first-order valence-corrected chi connectivity index (χ1v) is 7.58. The smallest absolute Gasteiger partial charge is 0.416 e. The lowest BCUT2D eigenvalue weighted by atomic mass is 10.1. The minimum absolute atomic E-state index is 0.475. The molecule has 124 valence electrons. The molecule has 0 amide bonds. The molecule has 1 rings (SSSR count). The molecule has 0 bridgehead atoms. The van der Waals surface area contributed by atoms with Gasteiger partial charge < -0.3 is 10.2 Å². The van der Waals surface area contributed by atoms with Gasteiger partial charge in [-0.05, 0) is 18.6 Å². The fourth-order valence-corrected chi connectivity index (χ4v) is 2.77. The van der Waals surface area contributed by atoms with E-state index in [9.17, 15) is 31.5 Å². The van der Waals surface area contributed by atoms with E-state index in [4.69, 9.17) is 5.11 Å². The van der Waals surface area contributed by atoms with Crippen molar-refractivity contribution in [3.05, 3.63) is 35.4 Å². The van der Waals surface area contributed by atoms with Crippen molar-refractivity contribution in [1.82, 2.24) is 4.72 Å². The molecule has 0 fully saturated rings. The third-order valence-corrected chi connectivity index (χ3v) is 4.04. The van der Waals surface area contributed by atoms with E-state index in [-0.39, 0.29) is 0 Å². The zero-order valence-electron chi connectivity index (χ0n) is 11.4. The number of benzene rings is 1. The molecule has 0 aromatic heterocycles. The van der Waals surface area contributed by atoms with Crippen LogP contribution in [0.15, 0.2) is 24.3 Å². The maximum absolute atomic E-state index is 12.8. The molecule has 0 heterocycles. The Morgan fingerprint density at radius 2 is 1.82 bits per heavy atom. The molecule has 1 aromatic rings. The van der Waals surface area contributed by atoms with E-state index in [2.05, 4.69) is 0 Å². The lowest BCUT2D eigenvalue weighted by molar-refractivity contribution is -0.155. The summed E-state index contributed by atoms with van der Waals surface area (Å²) < 4.78 is 63.6. The summed E-state index contributed by atoms with van der Waals surface area (Å²) in [6, 6.07) is 4.14. The van der Waals surface area contributed by atoms with E-state index in [0.29, 0.717) is 0 Å². The van der Waals surface area contributed by atoms with Crippen LogP contribution in [0.5, 0.6) is 0 Å². The second kappa shape index (κ2) is 6.23. The molecule has 6 nitrogen and oxygen atoms in total. The van der Waals surface area contributed by atoms with Gasteiger partial charge in [0.1, 0.15) is 0 Å². The first kappa shape index (κ1) is 18.4. The average molecular weight is 341 g/mol. The maximum atomic E-state index is 12.8. The predicted octanol–water partition coefficient (Wildman–Crippen LogP) is 0.960. The number of carboxylic acids is 1. The third-order valence-electron chi connectivity index (χ3n) is 2.77. The molecule has 0 aliphatic rings. The second-order valence-electron chi connectivity index (χ2n) is 4.81. The van der Waals surface area contributed by atoms with E-state index in [0.717, 1.165) is 25.1 Å². The van der Waals surface area contributed by atoms with Crippen molar-refractivity contribution in [2.24, 2.45) is 0 Å². The normalized spacial score (nSPS) is 15.3. The number of rotatable bonds is 6. The molecule has 0 spiro atoms. The van der Waals surface area contributed by atoms with Crippen LogP contribution >= 0.6 is 0 Å². The van der Waals surface area contributed by atoms with E-state index < -0.39 is 51.2 Å². The van der Waals surface area contributed by atoms with Gasteiger partial charge in [0.05, 0.1) is 11.3 Å². The summed E-state index contributed by atoms with van der Waals surface area (Å²) in [5.74, 6) is -2.65. The Morgan fingerprint density at radius 3 is 2.32 bits per heavy atom. The van der Waals surface area contributed by atoms with Gasteiger partial charge in [0.25, 0.3) is 0 Å². The molecule has 0 saturated heterocycles. The summed E-state index contributed by atoms with van der Waals surface area (Å²) in [5.41, 5.74) is -3.93. The van der Waals surface area contributed by atoms with Crippen LogP contribution in [0.2, 0.25) is 0 Å². The van der Waals surface area contributed by atoms with Gasteiger partial charge in [-0.2, -0.15) is 13.2 Å². The van der Waals surface area contributed by atoms with Crippen molar-refractivity contribution >= 4 is 16.0 Å². The van der Waals surface area contributed by atoms with Crippen molar-refractivity contribution in [3.63, 3.8) is 0 Å². The highest BCUT2D eigenvalue weighted by molar-refractivity contribution is 7.88. The second-order valence-corrected chi connectivity index (χ2v) is 6.62. The SMILES string of the molecule is CC(O)(CNS(=O)(=O)Cc1ccccc1C(F)(F)F)C(=O)O. The van der Waals surface area contributed by atoms with Crippen molar-refractivity contribution in [1.29, 1.82) is 0 Å². The molecule has 22 heavy (non-hydrogen) atoms. The highest BCUT2D eigenvalue weighted by Crippen LogP contribution is 2.32. The maximum Gasteiger partial charge on any atom is 0.416 e. The number of aliphatic carboxylic acids is 1. The molecular formula is C12H14F3NO5S. The van der Waals surface area contributed by atoms with Crippen molar-refractivity contribution in [2.75, 3.05) is 6.54 Å². The van der Waals surface area contributed by atoms with Crippen LogP contribution < -0.4 is 4.72 Å². The fraction of sp³-hybridized carbons (Fsp3) is 0.417. The van der Waals surface area contributed by atoms with Crippen LogP contribution in [-0.4, -0.2) is 36.7 Å².